The summed E-state index contributed by atoms with van der Waals surface area (Å²) in [4.78, 5) is 0. The Morgan fingerprint density at radius 2 is 2.06 bits per heavy atom. The molecule has 0 radical (unpaired) electrons. The van der Waals surface area contributed by atoms with Gasteiger partial charge in [-0.05, 0) is 18.1 Å². The smallest absolute Gasteiger partial charge is 0.183 e. The molecule has 0 spiro atoms. The zero-order valence-electron chi connectivity index (χ0n) is 11.5. The van der Waals surface area contributed by atoms with Crippen molar-refractivity contribution in [1.29, 1.82) is 5.26 Å². The second kappa shape index (κ2) is 4.94. The van der Waals surface area contributed by atoms with Crippen molar-refractivity contribution in [1.82, 2.24) is 0 Å². The molecule has 94 valence electrons. The third-order valence-electron chi connectivity index (χ3n) is 3.97. The van der Waals surface area contributed by atoms with E-state index < -0.39 is 0 Å². The van der Waals surface area contributed by atoms with Crippen LogP contribution in [0.1, 0.15) is 44.2 Å². The molecule has 2 rings (SSSR count). The molecule has 1 aromatic carbocycles. The zero-order valence-corrected chi connectivity index (χ0v) is 11.5. The van der Waals surface area contributed by atoms with Gasteiger partial charge in [-0.2, -0.15) is 5.26 Å². The van der Waals surface area contributed by atoms with E-state index in [1.165, 1.54) is 16.8 Å². The van der Waals surface area contributed by atoms with Gasteiger partial charge >= 0.3 is 0 Å². The summed E-state index contributed by atoms with van der Waals surface area (Å²) in [5.41, 5.74) is 4.36. The van der Waals surface area contributed by atoms with Gasteiger partial charge in [0.2, 0.25) is 0 Å². The van der Waals surface area contributed by atoms with E-state index in [1.807, 2.05) is 0 Å². The molecule has 18 heavy (non-hydrogen) atoms. The molecule has 2 nitrogen and oxygen atoms in total. The fraction of sp³-hybridized carbons (Fsp3) is 0.500. The number of unbranched alkanes of at least 4 members (excludes halogenated alkanes) is 1. The van der Waals surface area contributed by atoms with Gasteiger partial charge in [-0.15, -0.1) is 0 Å². The third kappa shape index (κ3) is 2.31. The molecule has 1 heterocycles. The first-order chi connectivity index (χ1) is 8.56. The number of hydrogen-bond acceptors (Lipinski definition) is 1. The second-order valence-electron chi connectivity index (χ2n) is 5.66. The van der Waals surface area contributed by atoms with Crippen LogP contribution >= 0.6 is 0 Å². The van der Waals surface area contributed by atoms with E-state index >= 15 is 0 Å². The standard InChI is InChI=1S/C16H21N2/c1-16(2)12-13-8-4-5-9-14(13)15(18(16)3)10-6-7-11-17/h4-5,8-9H,6-7,10,12H2,1-3H3/q+1. The number of fused-ring (bicyclic) bond motifs is 1. The molecule has 0 saturated heterocycles. The van der Waals surface area contributed by atoms with E-state index in [-0.39, 0.29) is 5.54 Å². The maximum Gasteiger partial charge on any atom is 0.183 e. The van der Waals surface area contributed by atoms with Gasteiger partial charge in [0, 0.05) is 38.7 Å². The normalized spacial score (nSPS) is 17.2. The lowest BCUT2D eigenvalue weighted by Crippen LogP contribution is -2.44. The Hall–Kier alpha value is -1.62. The highest BCUT2D eigenvalue weighted by Gasteiger charge is 2.36. The fourth-order valence-electron chi connectivity index (χ4n) is 2.72. The topological polar surface area (TPSA) is 26.8 Å². The van der Waals surface area contributed by atoms with Crippen molar-refractivity contribution in [3.8, 4) is 6.07 Å². The van der Waals surface area contributed by atoms with Crippen LogP contribution in [0.5, 0.6) is 0 Å². The summed E-state index contributed by atoms with van der Waals surface area (Å²) in [6.45, 7) is 4.57. The van der Waals surface area contributed by atoms with E-state index in [0.29, 0.717) is 6.42 Å². The summed E-state index contributed by atoms with van der Waals surface area (Å²) in [7, 11) is 2.18. The lowest BCUT2D eigenvalue weighted by atomic mass is 9.84. The molecule has 1 aliphatic rings. The monoisotopic (exact) mass is 241 g/mol. The molecule has 0 amide bonds. The van der Waals surface area contributed by atoms with E-state index in [2.05, 4.69) is 55.8 Å². The lowest BCUT2D eigenvalue weighted by molar-refractivity contribution is -0.577. The minimum absolute atomic E-state index is 0.163. The maximum absolute atomic E-state index is 8.69. The highest BCUT2D eigenvalue weighted by Crippen LogP contribution is 2.27. The lowest BCUT2D eigenvalue weighted by Gasteiger charge is -2.29. The van der Waals surface area contributed by atoms with Crippen LogP contribution in [0.4, 0.5) is 0 Å². The fourth-order valence-corrected chi connectivity index (χ4v) is 2.72. The van der Waals surface area contributed by atoms with Crippen LogP contribution in [0.15, 0.2) is 24.3 Å². The summed E-state index contributed by atoms with van der Waals surface area (Å²) in [5.74, 6) is 0. The predicted octanol–water partition coefficient (Wildman–Crippen LogP) is 3.15. The van der Waals surface area contributed by atoms with Crippen LogP contribution in [0.2, 0.25) is 0 Å². The second-order valence-corrected chi connectivity index (χ2v) is 5.66. The van der Waals surface area contributed by atoms with Gasteiger partial charge in [-0.1, -0.05) is 18.2 Å². The number of likely N-dealkylation sites (N-methyl/N-ethyl adjacent to an activating group) is 1. The average Bonchev–Trinajstić information content (AvgIpc) is 2.34. The summed E-state index contributed by atoms with van der Waals surface area (Å²) in [6, 6.07) is 10.9. The summed E-state index contributed by atoms with van der Waals surface area (Å²) in [5, 5.41) is 8.69. The Morgan fingerprint density at radius 3 is 2.78 bits per heavy atom. The molecular formula is C16H21N2+. The van der Waals surface area contributed by atoms with Gasteiger partial charge in [0.25, 0.3) is 0 Å². The first kappa shape index (κ1) is 12.8. The molecule has 1 aliphatic heterocycles. The van der Waals surface area contributed by atoms with Crippen molar-refractivity contribution in [3.05, 3.63) is 35.4 Å². The molecule has 0 bridgehead atoms. The van der Waals surface area contributed by atoms with E-state index in [1.54, 1.807) is 0 Å². The van der Waals surface area contributed by atoms with Crippen molar-refractivity contribution < 1.29 is 4.58 Å². The molecular weight excluding hydrogens is 220 g/mol. The Bertz CT molecular complexity index is 518. The van der Waals surface area contributed by atoms with Crippen LogP contribution in [0.25, 0.3) is 0 Å². The first-order valence-corrected chi connectivity index (χ1v) is 6.61. The Labute approximate surface area is 110 Å². The number of nitrogens with zero attached hydrogens (tertiary/aromatic N) is 2. The molecule has 0 fully saturated rings. The number of benzene rings is 1. The summed E-state index contributed by atoms with van der Waals surface area (Å²) in [6.07, 6.45) is 3.66. The quantitative estimate of drug-likeness (QED) is 0.590. The van der Waals surface area contributed by atoms with Gasteiger partial charge in [-0.25, -0.2) is 4.58 Å². The number of nitriles is 1. The van der Waals surface area contributed by atoms with E-state index in [9.17, 15) is 0 Å². The van der Waals surface area contributed by atoms with Gasteiger partial charge in [-0.3, -0.25) is 0 Å². The molecule has 1 aromatic rings. The molecule has 0 unspecified atom stereocenters. The predicted molar refractivity (Wildman–Crippen MR) is 74.0 cm³/mol. The van der Waals surface area contributed by atoms with Gasteiger partial charge in [0.05, 0.1) is 6.07 Å². The average molecular weight is 241 g/mol. The summed E-state index contributed by atoms with van der Waals surface area (Å²) < 4.78 is 2.40. The van der Waals surface area contributed by atoms with Gasteiger partial charge < -0.3 is 0 Å². The van der Waals surface area contributed by atoms with Crippen molar-refractivity contribution in [2.45, 2.75) is 45.1 Å². The van der Waals surface area contributed by atoms with Crippen molar-refractivity contribution in [2.75, 3.05) is 7.05 Å². The highest BCUT2D eigenvalue weighted by molar-refractivity contribution is 5.98. The molecule has 0 atom stereocenters. The largest absolute Gasteiger partial charge is 0.231 e. The first-order valence-electron chi connectivity index (χ1n) is 6.61. The van der Waals surface area contributed by atoms with Crippen LogP contribution in [-0.2, 0) is 6.42 Å². The molecule has 0 aromatic heterocycles. The SMILES string of the molecule is C[N+]1=C(CCCC#N)c2ccccc2CC1(C)C. The van der Waals surface area contributed by atoms with Crippen LogP contribution in [0.3, 0.4) is 0 Å². The van der Waals surface area contributed by atoms with Gasteiger partial charge in [0.15, 0.2) is 11.3 Å². The van der Waals surface area contributed by atoms with Crippen molar-refractivity contribution in [2.24, 2.45) is 0 Å². The number of rotatable bonds is 3. The molecule has 0 saturated carbocycles. The van der Waals surface area contributed by atoms with Gasteiger partial charge in [0.1, 0.15) is 7.05 Å². The van der Waals surface area contributed by atoms with Crippen LogP contribution < -0.4 is 0 Å². The van der Waals surface area contributed by atoms with Crippen molar-refractivity contribution in [3.63, 3.8) is 0 Å². The Morgan fingerprint density at radius 1 is 1.33 bits per heavy atom. The third-order valence-corrected chi connectivity index (χ3v) is 3.97. The zero-order chi connectivity index (χ0) is 13.2. The van der Waals surface area contributed by atoms with E-state index in [0.717, 1.165) is 19.3 Å². The molecule has 0 aliphatic carbocycles. The number of hydrogen-bond donors (Lipinski definition) is 0. The minimum atomic E-state index is 0.163. The molecule has 0 N–H and O–H groups in total. The Kier molecular flexibility index (Phi) is 3.52. The van der Waals surface area contributed by atoms with Crippen LogP contribution in [-0.4, -0.2) is 22.9 Å². The summed E-state index contributed by atoms with van der Waals surface area (Å²) >= 11 is 0. The molecule has 2 heteroatoms. The highest BCUT2D eigenvalue weighted by atomic mass is 15.1. The van der Waals surface area contributed by atoms with E-state index in [4.69, 9.17) is 5.26 Å². The maximum atomic E-state index is 8.69. The Balaban J connectivity index is 2.40. The van der Waals surface area contributed by atoms with Crippen LogP contribution in [0, 0.1) is 11.3 Å². The van der Waals surface area contributed by atoms with Crippen molar-refractivity contribution >= 4 is 5.71 Å². The minimum Gasteiger partial charge on any atom is -0.231 e.